The van der Waals surface area contributed by atoms with E-state index in [1.807, 2.05) is 54.2 Å². The van der Waals surface area contributed by atoms with Crippen LogP contribution in [0.15, 0.2) is 59.5 Å². The lowest BCUT2D eigenvalue weighted by Gasteiger charge is -2.19. The zero-order valence-electron chi connectivity index (χ0n) is 24.3. The van der Waals surface area contributed by atoms with Gasteiger partial charge in [-0.2, -0.15) is 0 Å². The van der Waals surface area contributed by atoms with Crippen LogP contribution in [0.2, 0.25) is 0 Å². The van der Waals surface area contributed by atoms with Gasteiger partial charge in [0.1, 0.15) is 0 Å². The summed E-state index contributed by atoms with van der Waals surface area (Å²) < 4.78 is 19.0. The van der Waals surface area contributed by atoms with Gasteiger partial charge in [-0.1, -0.05) is 6.07 Å². The first kappa shape index (κ1) is 28.5. The lowest BCUT2D eigenvalue weighted by molar-refractivity contribution is -0.119. The molecule has 10 heteroatoms. The molecule has 10 nitrogen and oxygen atoms in total. The van der Waals surface area contributed by atoms with E-state index in [9.17, 15) is 14.4 Å². The zero-order valence-corrected chi connectivity index (χ0v) is 24.3. The van der Waals surface area contributed by atoms with Crippen molar-refractivity contribution < 1.29 is 23.8 Å². The van der Waals surface area contributed by atoms with E-state index in [4.69, 9.17) is 14.2 Å². The molecule has 1 aliphatic carbocycles. The van der Waals surface area contributed by atoms with Crippen LogP contribution in [0.3, 0.4) is 0 Å². The van der Waals surface area contributed by atoms with E-state index in [1.165, 1.54) is 20.1 Å². The van der Waals surface area contributed by atoms with Gasteiger partial charge >= 0.3 is 0 Å². The van der Waals surface area contributed by atoms with Crippen LogP contribution in [0.4, 0.5) is 11.4 Å². The monoisotopic (exact) mass is 570 g/mol. The van der Waals surface area contributed by atoms with E-state index in [-0.39, 0.29) is 29.5 Å². The van der Waals surface area contributed by atoms with Crippen molar-refractivity contribution in [3.8, 4) is 28.4 Å². The molecule has 1 aliphatic rings. The molecular formula is C32H34N4O6. The Labute approximate surface area is 243 Å². The summed E-state index contributed by atoms with van der Waals surface area (Å²) in [6.07, 6.45) is 3.11. The van der Waals surface area contributed by atoms with Crippen molar-refractivity contribution >= 4 is 34.1 Å². The Balaban J connectivity index is 1.50. The number of amides is 2. The molecule has 0 aliphatic heterocycles. The van der Waals surface area contributed by atoms with Crippen LogP contribution in [-0.4, -0.2) is 44.3 Å². The quantitative estimate of drug-likeness (QED) is 0.287. The van der Waals surface area contributed by atoms with Crippen molar-refractivity contribution in [2.24, 2.45) is 7.05 Å². The number of hydrogen-bond donors (Lipinski definition) is 3. The van der Waals surface area contributed by atoms with Crippen LogP contribution < -0.4 is 35.6 Å². The lowest BCUT2D eigenvalue weighted by atomic mass is 9.95. The van der Waals surface area contributed by atoms with Crippen molar-refractivity contribution in [3.05, 3.63) is 76.1 Å². The minimum Gasteiger partial charge on any atom is -0.493 e. The van der Waals surface area contributed by atoms with Gasteiger partial charge in [-0.3, -0.25) is 14.4 Å². The van der Waals surface area contributed by atoms with E-state index in [0.717, 1.165) is 22.0 Å². The fourth-order valence-electron chi connectivity index (χ4n) is 5.59. The summed E-state index contributed by atoms with van der Waals surface area (Å²) in [5.41, 5.74) is 4.71. The lowest BCUT2D eigenvalue weighted by Crippen LogP contribution is -2.27. The minimum atomic E-state index is -0.421. The maximum absolute atomic E-state index is 13.5. The molecule has 0 saturated carbocycles. The van der Waals surface area contributed by atoms with E-state index in [2.05, 4.69) is 16.0 Å². The van der Waals surface area contributed by atoms with Crippen molar-refractivity contribution in [1.82, 2.24) is 9.88 Å². The third-order valence-corrected chi connectivity index (χ3v) is 7.52. The molecule has 0 spiro atoms. The van der Waals surface area contributed by atoms with Gasteiger partial charge in [0.05, 0.1) is 39.6 Å². The maximum Gasteiger partial charge on any atom is 0.243 e. The van der Waals surface area contributed by atoms with Gasteiger partial charge in [-0.15, -0.1) is 0 Å². The first-order valence-corrected chi connectivity index (χ1v) is 13.6. The topological polar surface area (TPSA) is 120 Å². The first-order valence-electron chi connectivity index (χ1n) is 13.6. The first-order chi connectivity index (χ1) is 20.2. The van der Waals surface area contributed by atoms with Crippen molar-refractivity contribution in [1.29, 1.82) is 0 Å². The van der Waals surface area contributed by atoms with Crippen molar-refractivity contribution in [2.45, 2.75) is 25.8 Å². The molecule has 0 fully saturated rings. The number of anilines is 2. The summed E-state index contributed by atoms with van der Waals surface area (Å²) >= 11 is 0. The number of ether oxygens (including phenoxy) is 3. The highest BCUT2D eigenvalue weighted by molar-refractivity contribution is 5.96. The number of carbonyl (C=O) groups is 2. The molecule has 42 heavy (non-hydrogen) atoms. The molecule has 3 N–H and O–H groups in total. The molecule has 2 amide bonds. The predicted molar refractivity (Wildman–Crippen MR) is 163 cm³/mol. The number of rotatable bonds is 8. The Morgan fingerprint density at radius 2 is 1.76 bits per heavy atom. The molecule has 0 bridgehead atoms. The minimum absolute atomic E-state index is 0.114. The van der Waals surface area contributed by atoms with Crippen LogP contribution in [-0.2, 0) is 23.1 Å². The summed E-state index contributed by atoms with van der Waals surface area (Å²) in [6, 6.07) is 14.1. The number of benzene rings is 2. The largest absolute Gasteiger partial charge is 0.493 e. The molecule has 0 unspecified atom stereocenters. The van der Waals surface area contributed by atoms with Gasteiger partial charge in [0, 0.05) is 42.3 Å². The van der Waals surface area contributed by atoms with E-state index >= 15 is 0 Å². The Bertz CT molecular complexity index is 1750. The Hall–Kier alpha value is -4.99. The van der Waals surface area contributed by atoms with Gasteiger partial charge < -0.3 is 34.7 Å². The second-order valence-electron chi connectivity index (χ2n) is 10.2. The average molecular weight is 571 g/mol. The third-order valence-electron chi connectivity index (χ3n) is 7.52. The number of hydrogen-bond acceptors (Lipinski definition) is 7. The molecule has 3 aromatic carbocycles. The molecule has 1 heterocycles. The number of aromatic nitrogens is 1. The third kappa shape index (κ3) is 5.47. The Morgan fingerprint density at radius 1 is 0.976 bits per heavy atom. The summed E-state index contributed by atoms with van der Waals surface area (Å²) in [6.45, 7) is 1.34. The van der Waals surface area contributed by atoms with Crippen LogP contribution in [0, 0.1) is 0 Å². The number of fused-ring (bicyclic) bond motifs is 4. The number of nitrogens with zero attached hydrogens (tertiary/aromatic N) is 1. The van der Waals surface area contributed by atoms with E-state index in [0.29, 0.717) is 46.9 Å². The highest BCUT2D eigenvalue weighted by Gasteiger charge is 2.29. The molecule has 0 saturated heterocycles. The highest BCUT2D eigenvalue weighted by Crippen LogP contribution is 2.50. The Morgan fingerprint density at radius 3 is 2.48 bits per heavy atom. The maximum atomic E-state index is 13.5. The summed E-state index contributed by atoms with van der Waals surface area (Å²) in [7, 11) is 6.61. The standard InChI is InChI=1S/C32H34N4O6/c1-18(37)34-24-9-6-20-15-28(40-3)31(41-4)32(42-5)30(20)22-8-10-25(27(38)16-23(22)24)33-17-29(39)35-21-7-11-26-19(14-21)12-13-36(26)2/h7-8,10-16,24H,6,9,17H2,1-5H3,(H,33,38)(H,34,37)(H,35,39)/t24-/m0/s1. The molecule has 5 rings (SSSR count). The van der Waals surface area contributed by atoms with E-state index in [1.54, 1.807) is 20.3 Å². The number of nitrogens with one attached hydrogen (secondary N) is 3. The molecule has 218 valence electrons. The molecule has 4 aromatic rings. The van der Waals surface area contributed by atoms with Crippen LogP contribution in [0.25, 0.3) is 22.0 Å². The second kappa shape index (κ2) is 11.9. The predicted octanol–water partition coefficient (Wildman–Crippen LogP) is 4.41. The van der Waals surface area contributed by atoms with Gasteiger partial charge in [-0.05, 0) is 72.0 Å². The molecule has 1 aromatic heterocycles. The normalized spacial score (nSPS) is 13.8. The summed E-state index contributed by atoms with van der Waals surface area (Å²) in [4.78, 5) is 38.4. The second-order valence-corrected chi connectivity index (χ2v) is 10.2. The van der Waals surface area contributed by atoms with Crippen molar-refractivity contribution in [3.63, 3.8) is 0 Å². The fraction of sp³-hybridized carbons (Fsp3) is 0.281. The number of methoxy groups -OCH3 is 3. The average Bonchev–Trinajstić information content (AvgIpc) is 3.17. The van der Waals surface area contributed by atoms with Gasteiger partial charge in [0.25, 0.3) is 0 Å². The molecular weight excluding hydrogens is 536 g/mol. The van der Waals surface area contributed by atoms with Gasteiger partial charge in [0.2, 0.25) is 23.0 Å². The van der Waals surface area contributed by atoms with Crippen LogP contribution >= 0.6 is 0 Å². The van der Waals surface area contributed by atoms with Crippen molar-refractivity contribution in [2.75, 3.05) is 38.5 Å². The SMILES string of the molecule is COc1cc2c(c(OC)c1OC)-c1ccc(NCC(=O)Nc3ccc4c(ccn4C)c3)c(=O)cc1[C@@H](NC(C)=O)CC2. The Kier molecular flexibility index (Phi) is 8.06. The van der Waals surface area contributed by atoms with E-state index < -0.39 is 6.04 Å². The van der Waals surface area contributed by atoms with Crippen LogP contribution in [0.1, 0.15) is 30.5 Å². The number of aryl methyl sites for hydroxylation is 2. The fourth-order valence-corrected chi connectivity index (χ4v) is 5.59. The van der Waals surface area contributed by atoms with Gasteiger partial charge in [-0.25, -0.2) is 0 Å². The number of carbonyl (C=O) groups excluding carboxylic acids is 2. The summed E-state index contributed by atoms with van der Waals surface area (Å²) in [5.74, 6) is 0.927. The highest BCUT2D eigenvalue weighted by atomic mass is 16.5. The smallest absolute Gasteiger partial charge is 0.243 e. The molecule has 1 atom stereocenters. The summed E-state index contributed by atoms with van der Waals surface area (Å²) in [5, 5.41) is 9.88. The molecule has 0 radical (unpaired) electrons. The zero-order chi connectivity index (χ0) is 30.0. The van der Waals surface area contributed by atoms with Gasteiger partial charge in [0.15, 0.2) is 11.5 Å². The van der Waals surface area contributed by atoms with Crippen LogP contribution in [0.5, 0.6) is 17.2 Å².